The van der Waals surface area contributed by atoms with Crippen LogP contribution in [0.1, 0.15) is 27.0 Å². The van der Waals surface area contributed by atoms with Gasteiger partial charge in [-0.25, -0.2) is 0 Å². The fourth-order valence-electron chi connectivity index (χ4n) is 1.97. The molecule has 0 bridgehead atoms. The Morgan fingerprint density at radius 1 is 1.00 bits per heavy atom. The molecule has 19 heavy (non-hydrogen) atoms. The van der Waals surface area contributed by atoms with Gasteiger partial charge >= 0.3 is 0 Å². The number of rotatable bonds is 3. The van der Waals surface area contributed by atoms with Crippen molar-refractivity contribution in [3.8, 4) is 0 Å². The average Bonchev–Trinajstić information content (AvgIpc) is 2.36. The van der Waals surface area contributed by atoms with Gasteiger partial charge in [-0.15, -0.1) is 0 Å². The van der Waals surface area contributed by atoms with Crippen LogP contribution in [0.25, 0.3) is 0 Å². The molecule has 0 aliphatic carbocycles. The number of ketones is 1. The maximum Gasteiger partial charge on any atom is 0.167 e. The van der Waals surface area contributed by atoms with E-state index >= 15 is 0 Å². The van der Waals surface area contributed by atoms with E-state index in [2.05, 4.69) is 0 Å². The minimum Gasteiger partial charge on any atom is -0.294 e. The Morgan fingerprint density at radius 3 is 2.42 bits per heavy atom. The number of aryl methyl sites for hydroxylation is 2. The van der Waals surface area contributed by atoms with E-state index in [1.54, 1.807) is 12.1 Å². The topological polar surface area (TPSA) is 17.1 Å². The van der Waals surface area contributed by atoms with E-state index in [-0.39, 0.29) is 5.78 Å². The first-order valence-electron chi connectivity index (χ1n) is 6.02. The van der Waals surface area contributed by atoms with E-state index < -0.39 is 0 Å². The fourth-order valence-corrected chi connectivity index (χ4v) is 2.29. The van der Waals surface area contributed by atoms with E-state index in [9.17, 15) is 4.79 Å². The third kappa shape index (κ3) is 3.37. The normalized spacial score (nSPS) is 10.5. The summed E-state index contributed by atoms with van der Waals surface area (Å²) in [5, 5.41) is 0.984. The number of carbonyl (C=O) groups excluding carboxylic acids is 1. The fraction of sp³-hybridized carbons (Fsp3) is 0.188. The van der Waals surface area contributed by atoms with E-state index in [0.717, 1.165) is 22.3 Å². The predicted molar refractivity (Wildman–Crippen MR) is 80.4 cm³/mol. The summed E-state index contributed by atoms with van der Waals surface area (Å²) in [7, 11) is 0. The standard InChI is InChI=1S/C16H14Cl2O/c1-10-3-4-11(2)13(7-10)16(19)9-12-5-6-14(17)15(18)8-12/h3-8H,9H2,1-2H3. The second-order valence-corrected chi connectivity index (χ2v) is 5.48. The highest BCUT2D eigenvalue weighted by atomic mass is 35.5. The lowest BCUT2D eigenvalue weighted by Crippen LogP contribution is -2.06. The maximum atomic E-state index is 12.3. The zero-order chi connectivity index (χ0) is 14.0. The van der Waals surface area contributed by atoms with Gasteiger partial charge in [0.2, 0.25) is 0 Å². The highest BCUT2D eigenvalue weighted by molar-refractivity contribution is 6.42. The van der Waals surface area contributed by atoms with Gasteiger partial charge < -0.3 is 0 Å². The van der Waals surface area contributed by atoms with Crippen LogP contribution in [0.5, 0.6) is 0 Å². The van der Waals surface area contributed by atoms with Gasteiger partial charge in [-0.2, -0.15) is 0 Å². The maximum absolute atomic E-state index is 12.3. The van der Waals surface area contributed by atoms with Gasteiger partial charge in [-0.3, -0.25) is 4.79 Å². The molecule has 0 heterocycles. The van der Waals surface area contributed by atoms with E-state index in [1.807, 2.05) is 38.1 Å². The monoisotopic (exact) mass is 292 g/mol. The van der Waals surface area contributed by atoms with Crippen LogP contribution in [0.2, 0.25) is 10.0 Å². The van der Waals surface area contributed by atoms with Crippen LogP contribution in [0.3, 0.4) is 0 Å². The zero-order valence-electron chi connectivity index (χ0n) is 10.8. The quantitative estimate of drug-likeness (QED) is 0.725. The summed E-state index contributed by atoms with van der Waals surface area (Å²) < 4.78 is 0. The molecule has 2 aromatic rings. The first kappa shape index (κ1) is 14.1. The van der Waals surface area contributed by atoms with Crippen molar-refractivity contribution in [1.82, 2.24) is 0 Å². The Hall–Kier alpha value is -1.31. The summed E-state index contributed by atoms with van der Waals surface area (Å²) in [5.41, 5.74) is 3.73. The number of Topliss-reactive ketones (excluding diaryl/α,β-unsaturated/α-hetero) is 1. The van der Waals surface area contributed by atoms with Gasteiger partial charge in [0, 0.05) is 12.0 Å². The van der Waals surface area contributed by atoms with Crippen LogP contribution in [-0.2, 0) is 6.42 Å². The molecule has 0 spiro atoms. The third-order valence-corrected chi connectivity index (χ3v) is 3.78. The first-order valence-corrected chi connectivity index (χ1v) is 6.77. The molecule has 3 heteroatoms. The van der Waals surface area contributed by atoms with Crippen molar-refractivity contribution in [2.24, 2.45) is 0 Å². The van der Waals surface area contributed by atoms with Gasteiger partial charge in [0.25, 0.3) is 0 Å². The number of hydrogen-bond donors (Lipinski definition) is 0. The second-order valence-electron chi connectivity index (χ2n) is 4.67. The summed E-state index contributed by atoms with van der Waals surface area (Å²) in [6, 6.07) is 11.2. The van der Waals surface area contributed by atoms with Crippen molar-refractivity contribution in [3.05, 3.63) is 68.7 Å². The lowest BCUT2D eigenvalue weighted by Gasteiger charge is -2.07. The van der Waals surface area contributed by atoms with Crippen molar-refractivity contribution < 1.29 is 4.79 Å². The highest BCUT2D eigenvalue weighted by Gasteiger charge is 2.11. The molecule has 0 radical (unpaired) electrons. The van der Waals surface area contributed by atoms with Gasteiger partial charge in [-0.05, 0) is 43.2 Å². The number of hydrogen-bond acceptors (Lipinski definition) is 1. The third-order valence-electron chi connectivity index (χ3n) is 3.04. The molecule has 1 nitrogen and oxygen atoms in total. The molecule has 0 saturated heterocycles. The van der Waals surface area contributed by atoms with Crippen LogP contribution >= 0.6 is 23.2 Å². The molecular formula is C16H14Cl2O. The van der Waals surface area contributed by atoms with E-state index in [1.165, 1.54) is 0 Å². The Kier molecular flexibility index (Phi) is 4.28. The van der Waals surface area contributed by atoms with E-state index in [0.29, 0.717) is 16.5 Å². The number of carbonyl (C=O) groups is 1. The van der Waals surface area contributed by atoms with Gasteiger partial charge in [0.1, 0.15) is 0 Å². The molecule has 2 aromatic carbocycles. The molecule has 0 aliphatic heterocycles. The van der Waals surface area contributed by atoms with Crippen molar-refractivity contribution in [1.29, 1.82) is 0 Å². The molecule has 0 saturated carbocycles. The minimum atomic E-state index is 0.0968. The Morgan fingerprint density at radius 2 is 1.74 bits per heavy atom. The number of halogens is 2. The lowest BCUT2D eigenvalue weighted by molar-refractivity contribution is 0.0992. The van der Waals surface area contributed by atoms with Gasteiger partial charge in [0.05, 0.1) is 10.0 Å². The molecule has 0 fully saturated rings. The Balaban J connectivity index is 2.25. The summed E-state index contributed by atoms with van der Waals surface area (Å²) in [5.74, 6) is 0.0968. The molecule has 0 aliphatic rings. The molecule has 0 unspecified atom stereocenters. The smallest absolute Gasteiger partial charge is 0.167 e. The van der Waals surface area contributed by atoms with E-state index in [4.69, 9.17) is 23.2 Å². The Labute approximate surface area is 123 Å². The molecule has 2 rings (SSSR count). The van der Waals surface area contributed by atoms with Crippen molar-refractivity contribution in [2.45, 2.75) is 20.3 Å². The summed E-state index contributed by atoms with van der Waals surface area (Å²) in [4.78, 5) is 12.3. The van der Waals surface area contributed by atoms with Crippen LogP contribution in [-0.4, -0.2) is 5.78 Å². The summed E-state index contributed by atoms with van der Waals surface area (Å²) in [6.07, 6.45) is 0.335. The second kappa shape index (κ2) is 5.77. The minimum absolute atomic E-state index is 0.0968. The molecule has 0 amide bonds. The predicted octanol–water partition coefficient (Wildman–Crippen LogP) is 5.04. The van der Waals surface area contributed by atoms with Crippen LogP contribution in [0, 0.1) is 13.8 Å². The molecule has 98 valence electrons. The molecule has 0 N–H and O–H groups in total. The Bertz CT molecular complexity index is 633. The summed E-state index contributed by atoms with van der Waals surface area (Å²) in [6.45, 7) is 3.93. The van der Waals surface area contributed by atoms with Gasteiger partial charge in [0.15, 0.2) is 5.78 Å². The van der Waals surface area contributed by atoms with Crippen molar-refractivity contribution >= 4 is 29.0 Å². The largest absolute Gasteiger partial charge is 0.294 e. The lowest BCUT2D eigenvalue weighted by atomic mass is 9.97. The molecular weight excluding hydrogens is 279 g/mol. The summed E-state index contributed by atoms with van der Waals surface area (Å²) >= 11 is 11.8. The number of benzene rings is 2. The SMILES string of the molecule is Cc1ccc(C)c(C(=O)Cc2ccc(Cl)c(Cl)c2)c1. The highest BCUT2D eigenvalue weighted by Crippen LogP contribution is 2.23. The molecule has 0 atom stereocenters. The van der Waals surface area contributed by atoms with Crippen LogP contribution in [0.4, 0.5) is 0 Å². The van der Waals surface area contributed by atoms with Gasteiger partial charge in [-0.1, -0.05) is 47.0 Å². The average molecular weight is 293 g/mol. The zero-order valence-corrected chi connectivity index (χ0v) is 12.3. The van der Waals surface area contributed by atoms with Crippen molar-refractivity contribution in [2.75, 3.05) is 0 Å². The molecule has 0 aromatic heterocycles. The van der Waals surface area contributed by atoms with Crippen LogP contribution in [0.15, 0.2) is 36.4 Å². The van der Waals surface area contributed by atoms with Crippen molar-refractivity contribution in [3.63, 3.8) is 0 Å². The first-order chi connectivity index (χ1) is 8.97. The van der Waals surface area contributed by atoms with Crippen LogP contribution < -0.4 is 0 Å².